The van der Waals surface area contributed by atoms with Gasteiger partial charge in [-0.25, -0.2) is 0 Å². The van der Waals surface area contributed by atoms with Gasteiger partial charge in [-0.15, -0.1) is 0 Å². The lowest BCUT2D eigenvalue weighted by molar-refractivity contribution is -0.132. The number of ether oxygens (including phenoxy) is 2. The van der Waals surface area contributed by atoms with Gasteiger partial charge in [-0.05, 0) is 56.3 Å². The maximum Gasteiger partial charge on any atom is 0.270 e. The molecule has 2 aromatic carbocycles. The number of aromatic nitrogens is 1. The normalized spacial score (nSPS) is 10.5. The Kier molecular flexibility index (Phi) is 6.97. The van der Waals surface area contributed by atoms with E-state index in [1.54, 1.807) is 48.0 Å². The van der Waals surface area contributed by atoms with Gasteiger partial charge in [-0.3, -0.25) is 19.7 Å². The maximum atomic E-state index is 12.5. The van der Waals surface area contributed by atoms with Gasteiger partial charge in [0.05, 0.1) is 7.11 Å². The van der Waals surface area contributed by atoms with E-state index in [9.17, 15) is 9.59 Å². The minimum Gasteiger partial charge on any atom is -0.496 e. The summed E-state index contributed by atoms with van der Waals surface area (Å²) in [5.41, 5.74) is 6.17. The van der Waals surface area contributed by atoms with Gasteiger partial charge in [-0.1, -0.05) is 18.2 Å². The molecule has 0 spiro atoms. The molecule has 0 aliphatic carbocycles. The molecule has 0 fully saturated rings. The number of amides is 2. The highest BCUT2D eigenvalue weighted by Crippen LogP contribution is 2.19. The monoisotopic (exact) mass is 421 g/mol. The van der Waals surface area contributed by atoms with Gasteiger partial charge in [0.2, 0.25) is 0 Å². The standard InChI is InChI=1S/C24H27N3O4/c1-17-9-10-18(2)27(17)25-24(29)19-11-13-21(14-12-19)31-16-23(28)26(3)15-20-7-5-6-8-22(20)30-4/h5-14H,15-16H2,1-4H3,(H,25,29). The van der Waals surface area contributed by atoms with Crippen LogP contribution >= 0.6 is 0 Å². The van der Waals surface area contributed by atoms with E-state index in [0.29, 0.717) is 17.9 Å². The molecule has 1 heterocycles. The SMILES string of the molecule is COc1ccccc1CN(C)C(=O)COc1ccc(C(=O)Nn2c(C)ccc2C)cc1. The molecular formula is C24H27N3O4. The first-order valence-electron chi connectivity index (χ1n) is 9.94. The van der Waals surface area contributed by atoms with Gasteiger partial charge in [0.1, 0.15) is 11.5 Å². The number of carbonyl (C=O) groups excluding carboxylic acids is 2. The number of benzene rings is 2. The molecule has 0 saturated carbocycles. The fourth-order valence-electron chi connectivity index (χ4n) is 3.15. The van der Waals surface area contributed by atoms with Crippen LogP contribution in [-0.4, -0.2) is 42.2 Å². The summed E-state index contributed by atoms with van der Waals surface area (Å²) in [6.07, 6.45) is 0. The molecule has 1 aromatic heterocycles. The second-order valence-corrected chi connectivity index (χ2v) is 7.27. The topological polar surface area (TPSA) is 72.8 Å². The Morgan fingerprint density at radius 2 is 1.61 bits per heavy atom. The van der Waals surface area contributed by atoms with Gasteiger partial charge in [0.25, 0.3) is 11.8 Å². The van der Waals surface area contributed by atoms with E-state index < -0.39 is 0 Å². The number of nitrogens with zero attached hydrogens (tertiary/aromatic N) is 2. The number of nitrogens with one attached hydrogen (secondary N) is 1. The van der Waals surface area contributed by atoms with E-state index in [0.717, 1.165) is 22.7 Å². The van der Waals surface area contributed by atoms with Gasteiger partial charge < -0.3 is 14.4 Å². The van der Waals surface area contributed by atoms with Crippen molar-refractivity contribution >= 4 is 11.8 Å². The van der Waals surface area contributed by atoms with Crippen molar-refractivity contribution in [1.82, 2.24) is 9.58 Å². The van der Waals surface area contributed by atoms with Crippen LogP contribution in [-0.2, 0) is 11.3 Å². The molecule has 7 heteroatoms. The number of carbonyl (C=O) groups is 2. The average molecular weight is 421 g/mol. The van der Waals surface area contributed by atoms with E-state index in [-0.39, 0.29) is 18.4 Å². The number of hydrogen-bond acceptors (Lipinski definition) is 4. The van der Waals surface area contributed by atoms with Crippen molar-refractivity contribution in [3.05, 3.63) is 83.2 Å². The summed E-state index contributed by atoms with van der Waals surface area (Å²) in [5, 5.41) is 0. The Bertz CT molecular complexity index is 1040. The van der Waals surface area contributed by atoms with Crippen LogP contribution in [0, 0.1) is 13.8 Å². The highest BCUT2D eigenvalue weighted by Gasteiger charge is 2.13. The van der Waals surface area contributed by atoms with Gasteiger partial charge in [-0.2, -0.15) is 0 Å². The van der Waals surface area contributed by atoms with E-state index in [2.05, 4.69) is 5.43 Å². The Labute approximate surface area is 182 Å². The molecule has 0 bridgehead atoms. The molecule has 0 aliphatic heterocycles. The molecule has 0 aliphatic rings. The zero-order valence-corrected chi connectivity index (χ0v) is 18.2. The van der Waals surface area contributed by atoms with E-state index in [1.165, 1.54) is 0 Å². The van der Waals surface area contributed by atoms with Crippen LogP contribution in [0.25, 0.3) is 0 Å². The Morgan fingerprint density at radius 3 is 2.26 bits per heavy atom. The number of aryl methyl sites for hydroxylation is 2. The van der Waals surface area contributed by atoms with Crippen LogP contribution in [0.2, 0.25) is 0 Å². The first-order valence-corrected chi connectivity index (χ1v) is 9.94. The largest absolute Gasteiger partial charge is 0.496 e. The highest BCUT2D eigenvalue weighted by atomic mass is 16.5. The molecule has 0 saturated heterocycles. The lowest BCUT2D eigenvalue weighted by Crippen LogP contribution is -2.31. The number of para-hydroxylation sites is 1. The first kappa shape index (κ1) is 22.0. The number of likely N-dealkylation sites (N-methyl/N-ethyl adjacent to an activating group) is 1. The van der Waals surface area contributed by atoms with Crippen molar-refractivity contribution in [2.45, 2.75) is 20.4 Å². The smallest absolute Gasteiger partial charge is 0.270 e. The third-order valence-corrected chi connectivity index (χ3v) is 4.99. The summed E-state index contributed by atoms with van der Waals surface area (Å²) in [6, 6.07) is 18.1. The summed E-state index contributed by atoms with van der Waals surface area (Å²) in [4.78, 5) is 26.5. The zero-order chi connectivity index (χ0) is 22.4. The van der Waals surface area contributed by atoms with Crippen molar-refractivity contribution < 1.29 is 19.1 Å². The predicted octanol–water partition coefficient (Wildman–Crippen LogP) is 3.53. The van der Waals surface area contributed by atoms with Gasteiger partial charge >= 0.3 is 0 Å². The molecule has 3 aromatic rings. The predicted molar refractivity (Wildman–Crippen MR) is 119 cm³/mol. The summed E-state index contributed by atoms with van der Waals surface area (Å²) in [6.45, 7) is 4.17. The van der Waals surface area contributed by atoms with E-state index >= 15 is 0 Å². The van der Waals surface area contributed by atoms with Crippen molar-refractivity contribution in [1.29, 1.82) is 0 Å². The molecule has 162 valence electrons. The molecule has 0 radical (unpaired) electrons. The molecular weight excluding hydrogens is 394 g/mol. The Balaban J connectivity index is 1.53. The van der Waals surface area contributed by atoms with E-state index in [1.807, 2.05) is 50.2 Å². The Morgan fingerprint density at radius 1 is 0.968 bits per heavy atom. The minimum absolute atomic E-state index is 0.0983. The van der Waals surface area contributed by atoms with Crippen LogP contribution in [0.3, 0.4) is 0 Å². The van der Waals surface area contributed by atoms with Crippen molar-refractivity contribution in [3.8, 4) is 11.5 Å². The summed E-state index contributed by atoms with van der Waals surface area (Å²) >= 11 is 0. The van der Waals surface area contributed by atoms with Crippen molar-refractivity contribution in [3.63, 3.8) is 0 Å². The highest BCUT2D eigenvalue weighted by molar-refractivity contribution is 6.00. The van der Waals surface area contributed by atoms with Crippen LogP contribution in [0.15, 0.2) is 60.7 Å². The lowest BCUT2D eigenvalue weighted by atomic mass is 10.2. The van der Waals surface area contributed by atoms with Crippen molar-refractivity contribution in [2.75, 3.05) is 26.2 Å². The molecule has 0 unspecified atom stereocenters. The Hall–Kier alpha value is -3.74. The number of rotatable bonds is 8. The molecule has 31 heavy (non-hydrogen) atoms. The van der Waals surface area contributed by atoms with E-state index in [4.69, 9.17) is 9.47 Å². The molecule has 1 N–H and O–H groups in total. The third kappa shape index (κ3) is 5.45. The first-order chi connectivity index (χ1) is 14.9. The molecule has 2 amide bonds. The van der Waals surface area contributed by atoms with Crippen molar-refractivity contribution in [2.24, 2.45) is 0 Å². The van der Waals surface area contributed by atoms with Crippen LogP contribution in [0.4, 0.5) is 0 Å². The molecule has 3 rings (SSSR count). The quantitative estimate of drug-likeness (QED) is 0.604. The second kappa shape index (κ2) is 9.84. The summed E-state index contributed by atoms with van der Waals surface area (Å²) < 4.78 is 12.7. The fraction of sp³-hybridized carbons (Fsp3) is 0.250. The number of methoxy groups -OCH3 is 1. The fourth-order valence-corrected chi connectivity index (χ4v) is 3.15. The third-order valence-electron chi connectivity index (χ3n) is 4.99. The average Bonchev–Trinajstić information content (AvgIpc) is 3.10. The van der Waals surface area contributed by atoms with Gasteiger partial charge in [0.15, 0.2) is 6.61 Å². The van der Waals surface area contributed by atoms with Crippen LogP contribution < -0.4 is 14.9 Å². The van der Waals surface area contributed by atoms with Gasteiger partial charge in [0, 0.05) is 36.1 Å². The maximum absolute atomic E-state index is 12.5. The zero-order valence-electron chi connectivity index (χ0n) is 18.2. The van der Waals surface area contributed by atoms with Crippen LogP contribution in [0.1, 0.15) is 27.3 Å². The number of hydrogen-bond donors (Lipinski definition) is 1. The molecule has 0 atom stereocenters. The summed E-state index contributed by atoms with van der Waals surface area (Å²) in [5.74, 6) is 0.874. The summed E-state index contributed by atoms with van der Waals surface area (Å²) in [7, 11) is 3.32. The lowest BCUT2D eigenvalue weighted by Gasteiger charge is -2.19. The minimum atomic E-state index is -0.221. The molecule has 7 nitrogen and oxygen atoms in total. The van der Waals surface area contributed by atoms with Crippen LogP contribution in [0.5, 0.6) is 11.5 Å². The second-order valence-electron chi connectivity index (χ2n) is 7.27.